The fourth-order valence-corrected chi connectivity index (χ4v) is 4.12. The van der Waals surface area contributed by atoms with E-state index in [-0.39, 0.29) is 0 Å². The van der Waals surface area contributed by atoms with E-state index >= 15 is 0 Å². The molecule has 0 aromatic heterocycles. The van der Waals surface area contributed by atoms with Gasteiger partial charge in [0.05, 0.1) is 18.6 Å². The van der Waals surface area contributed by atoms with E-state index in [0.29, 0.717) is 11.4 Å². The summed E-state index contributed by atoms with van der Waals surface area (Å²) in [6.07, 6.45) is 2.04. The minimum absolute atomic E-state index is 0.363. The second-order valence-electron chi connectivity index (χ2n) is 7.06. The van der Waals surface area contributed by atoms with Crippen LogP contribution in [0.3, 0.4) is 0 Å². The van der Waals surface area contributed by atoms with E-state index in [0.717, 1.165) is 47.9 Å². The number of hydrogen-bond acceptors (Lipinski definition) is 4. The lowest BCUT2D eigenvalue weighted by Gasteiger charge is -2.13. The highest BCUT2D eigenvalue weighted by molar-refractivity contribution is 7.90. The number of nitrogens with one attached hydrogen (secondary N) is 2. The third kappa shape index (κ3) is 6.78. The van der Waals surface area contributed by atoms with E-state index in [1.807, 2.05) is 38.1 Å². The van der Waals surface area contributed by atoms with E-state index in [1.165, 1.54) is 11.8 Å². The summed E-state index contributed by atoms with van der Waals surface area (Å²) in [7, 11) is -1.52. The Morgan fingerprint density at radius 1 is 1.10 bits per heavy atom. The van der Waals surface area contributed by atoms with Crippen LogP contribution in [0.5, 0.6) is 5.75 Å². The fourth-order valence-electron chi connectivity index (χ4n) is 3.16. The fraction of sp³-hybridized carbons (Fsp3) is 0.409. The first-order valence-corrected chi connectivity index (χ1v) is 11.6. The molecule has 0 heterocycles. The van der Waals surface area contributed by atoms with Crippen LogP contribution in [-0.2, 0) is 22.8 Å². The van der Waals surface area contributed by atoms with E-state index in [1.54, 1.807) is 13.2 Å². The number of guanidine groups is 1. The maximum Gasteiger partial charge on any atom is 0.191 e. The Bertz CT molecular complexity index is 969. The standard InChI is InChI=1S/C22H31N3O3S/c1-6-23-22(24-12-11-19-13-16(2)7-9-20(19)28-4)25-15-18-8-10-21(17(3)14-18)29(5,26)27/h7-10,13-14H,6,11-12,15H2,1-5H3,(H2,23,24,25). The molecular weight excluding hydrogens is 386 g/mol. The molecule has 2 N–H and O–H groups in total. The number of nitrogens with zero attached hydrogens (tertiary/aromatic N) is 1. The van der Waals surface area contributed by atoms with Gasteiger partial charge in [0, 0.05) is 19.3 Å². The molecule has 29 heavy (non-hydrogen) atoms. The lowest BCUT2D eigenvalue weighted by Crippen LogP contribution is -2.38. The van der Waals surface area contributed by atoms with Crippen molar-refractivity contribution in [3.05, 3.63) is 58.7 Å². The Hall–Kier alpha value is -2.54. The van der Waals surface area contributed by atoms with Crippen molar-refractivity contribution in [1.82, 2.24) is 10.6 Å². The van der Waals surface area contributed by atoms with Gasteiger partial charge in [-0.3, -0.25) is 0 Å². The Kier molecular flexibility index (Phi) is 8.08. The molecule has 0 bridgehead atoms. The molecule has 0 radical (unpaired) electrons. The zero-order chi connectivity index (χ0) is 21.4. The highest BCUT2D eigenvalue weighted by Crippen LogP contribution is 2.20. The first kappa shape index (κ1) is 22.7. The van der Waals surface area contributed by atoms with Crippen molar-refractivity contribution < 1.29 is 13.2 Å². The molecule has 6 nitrogen and oxygen atoms in total. The molecule has 0 aliphatic rings. The van der Waals surface area contributed by atoms with E-state index in [4.69, 9.17) is 4.74 Å². The van der Waals surface area contributed by atoms with Gasteiger partial charge in [0.25, 0.3) is 0 Å². The van der Waals surface area contributed by atoms with Gasteiger partial charge in [-0.15, -0.1) is 0 Å². The summed E-state index contributed by atoms with van der Waals surface area (Å²) in [5.41, 5.74) is 4.06. The molecule has 0 saturated carbocycles. The summed E-state index contributed by atoms with van der Waals surface area (Å²) in [6, 6.07) is 11.5. The van der Waals surface area contributed by atoms with E-state index in [2.05, 4.69) is 28.6 Å². The molecule has 7 heteroatoms. The van der Waals surface area contributed by atoms with Gasteiger partial charge in [-0.25, -0.2) is 13.4 Å². The molecule has 2 rings (SSSR count). The molecule has 0 spiro atoms. The molecule has 0 aliphatic carbocycles. The predicted molar refractivity (Wildman–Crippen MR) is 119 cm³/mol. The van der Waals surface area contributed by atoms with Crippen LogP contribution in [-0.4, -0.2) is 40.8 Å². The third-order valence-corrected chi connectivity index (χ3v) is 5.78. The van der Waals surface area contributed by atoms with Crippen LogP contribution < -0.4 is 15.4 Å². The average Bonchev–Trinajstić information content (AvgIpc) is 2.65. The Morgan fingerprint density at radius 3 is 2.48 bits per heavy atom. The van der Waals surface area contributed by atoms with Crippen LogP contribution in [0.25, 0.3) is 0 Å². The molecule has 158 valence electrons. The SMILES string of the molecule is CCNC(=NCc1ccc(S(C)(=O)=O)c(C)c1)NCCc1cc(C)ccc1OC. The summed E-state index contributed by atoms with van der Waals surface area (Å²) in [6.45, 7) is 7.84. The van der Waals surface area contributed by atoms with Crippen molar-refractivity contribution in [1.29, 1.82) is 0 Å². The average molecular weight is 418 g/mol. The van der Waals surface area contributed by atoms with Crippen molar-refractivity contribution in [3.8, 4) is 5.75 Å². The van der Waals surface area contributed by atoms with Crippen LogP contribution >= 0.6 is 0 Å². The molecule has 0 fully saturated rings. The molecule has 0 amide bonds. The van der Waals surface area contributed by atoms with Gasteiger partial charge in [-0.05, 0) is 56.0 Å². The highest BCUT2D eigenvalue weighted by Gasteiger charge is 2.11. The monoisotopic (exact) mass is 417 g/mol. The number of rotatable bonds is 8. The highest BCUT2D eigenvalue weighted by atomic mass is 32.2. The van der Waals surface area contributed by atoms with Crippen LogP contribution in [0, 0.1) is 13.8 Å². The Morgan fingerprint density at radius 2 is 1.86 bits per heavy atom. The molecule has 0 atom stereocenters. The maximum absolute atomic E-state index is 11.8. The smallest absolute Gasteiger partial charge is 0.191 e. The number of methoxy groups -OCH3 is 1. The first-order valence-electron chi connectivity index (χ1n) is 9.70. The molecule has 2 aromatic rings. The first-order chi connectivity index (χ1) is 13.7. The van der Waals surface area contributed by atoms with E-state index < -0.39 is 9.84 Å². The zero-order valence-electron chi connectivity index (χ0n) is 17.9. The number of aliphatic imine (C=N–C) groups is 1. The largest absolute Gasteiger partial charge is 0.496 e. The quantitative estimate of drug-likeness (QED) is 0.510. The van der Waals surface area contributed by atoms with Gasteiger partial charge in [0.1, 0.15) is 5.75 Å². The second kappa shape index (κ2) is 10.3. The Labute approximate surface area is 174 Å². The zero-order valence-corrected chi connectivity index (χ0v) is 18.7. The van der Waals surface area contributed by atoms with Crippen LogP contribution in [0.2, 0.25) is 0 Å². The molecule has 0 saturated heterocycles. The van der Waals surface area contributed by atoms with Crippen molar-refractivity contribution in [2.24, 2.45) is 4.99 Å². The summed E-state index contributed by atoms with van der Waals surface area (Å²) in [4.78, 5) is 4.99. The van der Waals surface area contributed by atoms with Crippen molar-refractivity contribution in [2.45, 2.75) is 38.6 Å². The van der Waals surface area contributed by atoms with Gasteiger partial charge < -0.3 is 15.4 Å². The third-order valence-electron chi connectivity index (χ3n) is 4.53. The lowest BCUT2D eigenvalue weighted by atomic mass is 10.1. The van der Waals surface area contributed by atoms with Crippen molar-refractivity contribution in [2.75, 3.05) is 26.5 Å². The second-order valence-corrected chi connectivity index (χ2v) is 9.04. The van der Waals surface area contributed by atoms with Gasteiger partial charge in [0.15, 0.2) is 15.8 Å². The Balaban J connectivity index is 2.03. The van der Waals surface area contributed by atoms with Crippen molar-refractivity contribution in [3.63, 3.8) is 0 Å². The topological polar surface area (TPSA) is 79.8 Å². The normalized spacial score (nSPS) is 12.0. The molecule has 0 unspecified atom stereocenters. The van der Waals surface area contributed by atoms with Gasteiger partial charge >= 0.3 is 0 Å². The van der Waals surface area contributed by atoms with Crippen LogP contribution in [0.15, 0.2) is 46.3 Å². The molecular formula is C22H31N3O3S. The minimum atomic E-state index is -3.21. The maximum atomic E-state index is 11.8. The molecule has 0 aliphatic heterocycles. The van der Waals surface area contributed by atoms with Crippen LogP contribution in [0.1, 0.15) is 29.2 Å². The summed E-state index contributed by atoms with van der Waals surface area (Å²) in [5, 5.41) is 6.59. The number of hydrogen-bond donors (Lipinski definition) is 2. The number of sulfone groups is 1. The summed E-state index contributed by atoms with van der Waals surface area (Å²) < 4.78 is 29.0. The van der Waals surface area contributed by atoms with Gasteiger partial charge in [0.2, 0.25) is 0 Å². The van der Waals surface area contributed by atoms with E-state index in [9.17, 15) is 8.42 Å². The number of benzene rings is 2. The van der Waals surface area contributed by atoms with Gasteiger partial charge in [-0.2, -0.15) is 0 Å². The molecule has 2 aromatic carbocycles. The minimum Gasteiger partial charge on any atom is -0.496 e. The summed E-state index contributed by atoms with van der Waals surface area (Å²) >= 11 is 0. The number of aryl methyl sites for hydroxylation is 2. The lowest BCUT2D eigenvalue weighted by molar-refractivity contribution is 0.409. The predicted octanol–water partition coefficient (Wildman–Crippen LogP) is 3.01. The summed E-state index contributed by atoms with van der Waals surface area (Å²) in [5.74, 6) is 1.62. The van der Waals surface area contributed by atoms with Crippen LogP contribution in [0.4, 0.5) is 0 Å². The van der Waals surface area contributed by atoms with Crippen molar-refractivity contribution >= 4 is 15.8 Å². The number of ether oxygens (including phenoxy) is 1. The van der Waals surface area contributed by atoms with Gasteiger partial charge in [-0.1, -0.05) is 29.8 Å².